The van der Waals surface area contributed by atoms with Crippen LogP contribution in [0.5, 0.6) is 0 Å². The van der Waals surface area contributed by atoms with E-state index in [0.29, 0.717) is 19.4 Å². The third kappa shape index (κ3) is 3.56. The van der Waals surface area contributed by atoms with Crippen molar-refractivity contribution in [2.24, 2.45) is 0 Å². The minimum atomic E-state index is -0.250. The molecule has 0 aliphatic carbocycles. The third-order valence-corrected chi connectivity index (χ3v) is 1.97. The second kappa shape index (κ2) is 5.37. The van der Waals surface area contributed by atoms with Crippen LogP contribution < -0.4 is 5.32 Å². The molecule has 1 rings (SSSR count). The van der Waals surface area contributed by atoms with E-state index in [9.17, 15) is 9.18 Å². The van der Waals surface area contributed by atoms with Gasteiger partial charge in [-0.2, -0.15) is 0 Å². The summed E-state index contributed by atoms with van der Waals surface area (Å²) >= 11 is 0. The summed E-state index contributed by atoms with van der Waals surface area (Å²) in [5, 5.41) is 3.05. The van der Waals surface area contributed by atoms with Gasteiger partial charge >= 0.3 is 0 Å². The highest BCUT2D eigenvalue weighted by Crippen LogP contribution is 2.07. The molecule has 0 radical (unpaired) electrons. The number of hydrogen-bond donors (Lipinski definition) is 1. The molecule has 0 atom stereocenters. The van der Waals surface area contributed by atoms with E-state index in [2.05, 4.69) is 5.32 Å². The van der Waals surface area contributed by atoms with Gasteiger partial charge in [0.15, 0.2) is 0 Å². The van der Waals surface area contributed by atoms with Gasteiger partial charge in [-0.1, -0.05) is 6.92 Å². The van der Waals surface area contributed by atoms with Gasteiger partial charge in [-0.3, -0.25) is 4.79 Å². The maximum Gasteiger partial charge on any atom is 0.134 e. The van der Waals surface area contributed by atoms with E-state index in [-0.39, 0.29) is 11.6 Å². The Morgan fingerprint density at radius 1 is 1.36 bits per heavy atom. The summed E-state index contributed by atoms with van der Waals surface area (Å²) in [5.74, 6) is -0.0141. The number of halogens is 1. The molecule has 3 heteroatoms. The highest BCUT2D eigenvalue weighted by molar-refractivity contribution is 5.78. The van der Waals surface area contributed by atoms with Gasteiger partial charge in [-0.25, -0.2) is 4.39 Å². The number of benzene rings is 1. The molecule has 1 aromatic carbocycles. The molecule has 1 N–H and O–H groups in total. The Kier molecular flexibility index (Phi) is 4.11. The first-order chi connectivity index (χ1) is 6.72. The molecule has 0 saturated heterocycles. The zero-order valence-electron chi connectivity index (χ0n) is 8.22. The van der Waals surface area contributed by atoms with Crippen molar-refractivity contribution in [2.75, 3.05) is 11.9 Å². The maximum atomic E-state index is 12.5. The molecule has 0 spiro atoms. The van der Waals surface area contributed by atoms with Gasteiger partial charge < -0.3 is 5.32 Å². The van der Waals surface area contributed by atoms with Crippen molar-refractivity contribution in [1.29, 1.82) is 0 Å². The van der Waals surface area contributed by atoms with Crippen LogP contribution in [0.2, 0.25) is 0 Å². The molecule has 1 aromatic rings. The Bertz CT molecular complexity index is 295. The SMILES string of the molecule is CCC(=O)CCNc1ccc(F)cc1. The summed E-state index contributed by atoms with van der Waals surface area (Å²) in [4.78, 5) is 11.0. The fraction of sp³-hybridized carbons (Fsp3) is 0.364. The van der Waals surface area contributed by atoms with Gasteiger partial charge in [0, 0.05) is 25.1 Å². The molecule has 0 amide bonds. The number of carbonyl (C=O) groups excluding carboxylic acids is 1. The number of carbonyl (C=O) groups is 1. The largest absolute Gasteiger partial charge is 0.385 e. The van der Waals surface area contributed by atoms with Crippen LogP contribution >= 0.6 is 0 Å². The van der Waals surface area contributed by atoms with E-state index in [4.69, 9.17) is 0 Å². The van der Waals surface area contributed by atoms with Crippen molar-refractivity contribution in [1.82, 2.24) is 0 Å². The van der Waals surface area contributed by atoms with Crippen molar-refractivity contribution < 1.29 is 9.18 Å². The van der Waals surface area contributed by atoms with E-state index < -0.39 is 0 Å². The van der Waals surface area contributed by atoms with Crippen LogP contribution in [0.4, 0.5) is 10.1 Å². The van der Waals surface area contributed by atoms with E-state index >= 15 is 0 Å². The minimum Gasteiger partial charge on any atom is -0.385 e. The fourth-order valence-corrected chi connectivity index (χ4v) is 1.09. The molecule has 14 heavy (non-hydrogen) atoms. The minimum absolute atomic E-state index is 0.236. The van der Waals surface area contributed by atoms with Crippen LogP contribution in [0, 0.1) is 5.82 Å². The standard InChI is InChI=1S/C11H14FNO/c1-2-11(14)7-8-13-10-5-3-9(12)4-6-10/h3-6,13H,2,7-8H2,1H3. The molecule has 0 aliphatic heterocycles. The zero-order chi connectivity index (χ0) is 10.4. The lowest BCUT2D eigenvalue weighted by Gasteiger charge is -2.04. The van der Waals surface area contributed by atoms with Gasteiger partial charge in [0.25, 0.3) is 0 Å². The highest BCUT2D eigenvalue weighted by atomic mass is 19.1. The highest BCUT2D eigenvalue weighted by Gasteiger charge is 1.97. The summed E-state index contributed by atoms with van der Waals surface area (Å²) < 4.78 is 12.5. The lowest BCUT2D eigenvalue weighted by molar-refractivity contribution is -0.118. The van der Waals surface area contributed by atoms with Crippen molar-refractivity contribution in [2.45, 2.75) is 19.8 Å². The quantitative estimate of drug-likeness (QED) is 0.782. The van der Waals surface area contributed by atoms with E-state index in [0.717, 1.165) is 5.69 Å². The number of hydrogen-bond acceptors (Lipinski definition) is 2. The molecule has 0 aromatic heterocycles. The summed E-state index contributed by atoms with van der Waals surface area (Å²) in [6.45, 7) is 2.46. The van der Waals surface area contributed by atoms with Crippen LogP contribution in [0.15, 0.2) is 24.3 Å². The van der Waals surface area contributed by atoms with Crippen LogP contribution in [0.3, 0.4) is 0 Å². The number of nitrogens with one attached hydrogen (secondary N) is 1. The summed E-state index contributed by atoms with van der Waals surface area (Å²) in [5.41, 5.74) is 0.843. The van der Waals surface area contributed by atoms with E-state index in [1.54, 1.807) is 12.1 Å². The van der Waals surface area contributed by atoms with Gasteiger partial charge in [-0.05, 0) is 24.3 Å². The second-order valence-electron chi connectivity index (χ2n) is 3.08. The average molecular weight is 195 g/mol. The number of Topliss-reactive ketones (excluding diaryl/α,β-unsaturated/α-hetero) is 1. The molecule has 0 saturated carbocycles. The van der Waals surface area contributed by atoms with Gasteiger partial charge in [0.05, 0.1) is 0 Å². The predicted octanol–water partition coefficient (Wildman–Crippen LogP) is 2.61. The van der Waals surface area contributed by atoms with Crippen LogP contribution in [-0.4, -0.2) is 12.3 Å². The van der Waals surface area contributed by atoms with Crippen LogP contribution in [-0.2, 0) is 4.79 Å². The smallest absolute Gasteiger partial charge is 0.134 e. The normalized spacial score (nSPS) is 9.86. The molecule has 0 heterocycles. The number of anilines is 1. The van der Waals surface area contributed by atoms with Crippen molar-refractivity contribution in [3.8, 4) is 0 Å². The molecule has 76 valence electrons. The van der Waals surface area contributed by atoms with Gasteiger partial charge in [0.2, 0.25) is 0 Å². The summed E-state index contributed by atoms with van der Waals surface area (Å²) in [6.07, 6.45) is 1.10. The fourth-order valence-electron chi connectivity index (χ4n) is 1.09. The molecular weight excluding hydrogens is 181 g/mol. The first-order valence-electron chi connectivity index (χ1n) is 4.73. The lowest BCUT2D eigenvalue weighted by Crippen LogP contribution is -2.07. The Balaban J connectivity index is 2.31. The third-order valence-electron chi connectivity index (χ3n) is 1.97. The molecular formula is C11H14FNO. The topological polar surface area (TPSA) is 29.1 Å². The lowest BCUT2D eigenvalue weighted by atomic mass is 10.2. The second-order valence-corrected chi connectivity index (χ2v) is 3.08. The number of ketones is 1. The van der Waals surface area contributed by atoms with Crippen molar-refractivity contribution in [3.05, 3.63) is 30.1 Å². The molecule has 0 fully saturated rings. The maximum absolute atomic E-state index is 12.5. The monoisotopic (exact) mass is 195 g/mol. The summed E-state index contributed by atoms with van der Waals surface area (Å²) in [6, 6.07) is 6.10. The average Bonchev–Trinajstić information content (AvgIpc) is 2.21. The zero-order valence-corrected chi connectivity index (χ0v) is 8.22. The van der Waals surface area contributed by atoms with Gasteiger partial charge in [0.1, 0.15) is 11.6 Å². The number of rotatable bonds is 5. The van der Waals surface area contributed by atoms with Crippen molar-refractivity contribution >= 4 is 11.5 Å². The van der Waals surface area contributed by atoms with Crippen LogP contribution in [0.25, 0.3) is 0 Å². The molecule has 0 aliphatic rings. The first kappa shape index (κ1) is 10.7. The molecule has 0 unspecified atom stereocenters. The molecule has 2 nitrogen and oxygen atoms in total. The first-order valence-corrected chi connectivity index (χ1v) is 4.73. The Morgan fingerprint density at radius 2 is 2.00 bits per heavy atom. The van der Waals surface area contributed by atoms with Crippen LogP contribution in [0.1, 0.15) is 19.8 Å². The Hall–Kier alpha value is -1.38. The van der Waals surface area contributed by atoms with E-state index in [1.165, 1.54) is 12.1 Å². The van der Waals surface area contributed by atoms with Crippen molar-refractivity contribution in [3.63, 3.8) is 0 Å². The van der Waals surface area contributed by atoms with E-state index in [1.807, 2.05) is 6.92 Å². The Morgan fingerprint density at radius 3 is 2.57 bits per heavy atom. The summed E-state index contributed by atoms with van der Waals surface area (Å²) in [7, 11) is 0. The Labute approximate surface area is 83.1 Å². The molecule has 0 bridgehead atoms. The van der Waals surface area contributed by atoms with Gasteiger partial charge in [-0.15, -0.1) is 0 Å². The predicted molar refractivity (Wildman–Crippen MR) is 54.8 cm³/mol.